The van der Waals surface area contributed by atoms with Gasteiger partial charge in [-0.25, -0.2) is 0 Å². The van der Waals surface area contributed by atoms with E-state index in [1.54, 1.807) is 13.8 Å². The number of unbranched alkanes of at least 4 members (excludes halogenated alkanes) is 1. The van der Waals surface area contributed by atoms with Crippen LogP contribution in [0.5, 0.6) is 0 Å². The van der Waals surface area contributed by atoms with Gasteiger partial charge in [-0.15, -0.1) is 0 Å². The average molecular weight is 203 g/mol. The van der Waals surface area contributed by atoms with E-state index in [2.05, 4.69) is 0 Å². The Hall–Kier alpha value is -0.450. The molecule has 0 aliphatic heterocycles. The maximum absolute atomic E-state index is 10.1. The lowest BCUT2D eigenvalue weighted by Gasteiger charge is -2.26. The maximum Gasteiger partial charge on any atom is 0.160 e. The zero-order chi connectivity index (χ0) is 11.0. The second kappa shape index (κ2) is 6.92. The van der Waals surface area contributed by atoms with Crippen LogP contribution in [-0.4, -0.2) is 29.8 Å². The lowest BCUT2D eigenvalue weighted by molar-refractivity contribution is -0.207. The molecular formula is C10H21NO3. The first-order valence-corrected chi connectivity index (χ1v) is 5.03. The van der Waals surface area contributed by atoms with E-state index >= 15 is 0 Å². The summed E-state index contributed by atoms with van der Waals surface area (Å²) in [6, 6.07) is 0. The van der Waals surface area contributed by atoms with Gasteiger partial charge in [0, 0.05) is 6.42 Å². The van der Waals surface area contributed by atoms with E-state index in [1.807, 2.05) is 0 Å². The Morgan fingerprint density at radius 3 is 2.57 bits per heavy atom. The largest absolute Gasteiger partial charge is 0.366 e. The number of aldehydes is 1. The Morgan fingerprint density at radius 1 is 1.50 bits per heavy atom. The van der Waals surface area contributed by atoms with Gasteiger partial charge >= 0.3 is 0 Å². The van der Waals surface area contributed by atoms with E-state index in [-0.39, 0.29) is 6.10 Å². The van der Waals surface area contributed by atoms with Crippen LogP contribution in [0.25, 0.3) is 0 Å². The van der Waals surface area contributed by atoms with Gasteiger partial charge in [0.15, 0.2) is 5.79 Å². The van der Waals surface area contributed by atoms with Crippen molar-refractivity contribution in [3.63, 3.8) is 0 Å². The number of aliphatic hydroxyl groups is 1. The maximum atomic E-state index is 10.1. The molecule has 0 aliphatic carbocycles. The molecule has 1 unspecified atom stereocenters. The van der Waals surface area contributed by atoms with Crippen molar-refractivity contribution in [1.29, 1.82) is 0 Å². The first kappa shape index (κ1) is 13.5. The number of hydrogen-bond donors (Lipinski definition) is 2. The van der Waals surface area contributed by atoms with Crippen LogP contribution in [0.15, 0.2) is 0 Å². The van der Waals surface area contributed by atoms with Crippen molar-refractivity contribution in [3.05, 3.63) is 0 Å². The molecule has 0 bridgehead atoms. The molecule has 0 radical (unpaired) electrons. The molecule has 14 heavy (non-hydrogen) atoms. The highest BCUT2D eigenvalue weighted by Gasteiger charge is 2.19. The molecule has 3 N–H and O–H groups in total. The standard InChI is InChI=1S/C10H21NO3/c1-10(2,13)14-9(6-7-11)5-3-4-8-12/h8-9,13H,3-7,11H2,1-2H3. The number of ether oxygens (including phenoxy) is 1. The summed E-state index contributed by atoms with van der Waals surface area (Å²) in [5.74, 6) is -1.12. The highest BCUT2D eigenvalue weighted by atomic mass is 16.6. The molecule has 0 heterocycles. The van der Waals surface area contributed by atoms with Crippen LogP contribution in [0, 0.1) is 0 Å². The summed E-state index contributed by atoms with van der Waals surface area (Å²) in [5.41, 5.74) is 5.42. The highest BCUT2D eigenvalue weighted by molar-refractivity contribution is 5.48. The molecule has 84 valence electrons. The van der Waals surface area contributed by atoms with Crippen LogP contribution in [0.4, 0.5) is 0 Å². The van der Waals surface area contributed by atoms with E-state index in [0.717, 1.165) is 19.1 Å². The molecule has 0 amide bonds. The third-order valence-electron chi connectivity index (χ3n) is 1.79. The van der Waals surface area contributed by atoms with E-state index in [1.165, 1.54) is 0 Å². The minimum absolute atomic E-state index is 0.0556. The summed E-state index contributed by atoms with van der Waals surface area (Å²) >= 11 is 0. The van der Waals surface area contributed by atoms with Crippen molar-refractivity contribution in [1.82, 2.24) is 0 Å². The molecule has 1 atom stereocenters. The molecule has 0 spiro atoms. The molecule has 4 nitrogen and oxygen atoms in total. The molecule has 0 fully saturated rings. The fourth-order valence-corrected chi connectivity index (χ4v) is 1.28. The molecule has 0 aromatic carbocycles. The van der Waals surface area contributed by atoms with Crippen LogP contribution in [0.1, 0.15) is 39.5 Å². The third kappa shape index (κ3) is 8.16. The monoisotopic (exact) mass is 203 g/mol. The van der Waals surface area contributed by atoms with E-state index < -0.39 is 5.79 Å². The Bertz CT molecular complexity index is 154. The molecule has 0 saturated heterocycles. The topological polar surface area (TPSA) is 72.6 Å². The fourth-order valence-electron chi connectivity index (χ4n) is 1.28. The minimum Gasteiger partial charge on any atom is -0.366 e. The summed E-state index contributed by atoms with van der Waals surface area (Å²) < 4.78 is 5.38. The summed E-state index contributed by atoms with van der Waals surface area (Å²) in [5, 5.41) is 9.44. The summed E-state index contributed by atoms with van der Waals surface area (Å²) in [6.07, 6.45) is 3.63. The van der Waals surface area contributed by atoms with Crippen LogP contribution in [-0.2, 0) is 9.53 Å². The van der Waals surface area contributed by atoms with Gasteiger partial charge in [0.05, 0.1) is 6.10 Å². The van der Waals surface area contributed by atoms with Gasteiger partial charge in [0.25, 0.3) is 0 Å². The van der Waals surface area contributed by atoms with Crippen molar-refractivity contribution in [2.45, 2.75) is 51.4 Å². The van der Waals surface area contributed by atoms with E-state index in [9.17, 15) is 9.90 Å². The molecular weight excluding hydrogens is 182 g/mol. The van der Waals surface area contributed by atoms with Crippen LogP contribution < -0.4 is 5.73 Å². The van der Waals surface area contributed by atoms with Crippen molar-refractivity contribution in [2.75, 3.05) is 6.54 Å². The predicted molar refractivity (Wildman–Crippen MR) is 54.8 cm³/mol. The normalized spacial score (nSPS) is 14.0. The van der Waals surface area contributed by atoms with E-state index in [0.29, 0.717) is 19.4 Å². The van der Waals surface area contributed by atoms with Crippen LogP contribution in [0.2, 0.25) is 0 Å². The lowest BCUT2D eigenvalue weighted by atomic mass is 10.1. The third-order valence-corrected chi connectivity index (χ3v) is 1.79. The second-order valence-corrected chi connectivity index (χ2v) is 3.86. The van der Waals surface area contributed by atoms with E-state index in [4.69, 9.17) is 10.5 Å². The Morgan fingerprint density at radius 2 is 2.14 bits per heavy atom. The van der Waals surface area contributed by atoms with Crippen LogP contribution >= 0.6 is 0 Å². The molecule has 0 rings (SSSR count). The van der Waals surface area contributed by atoms with Gasteiger partial charge in [-0.2, -0.15) is 0 Å². The summed E-state index contributed by atoms with van der Waals surface area (Å²) in [6.45, 7) is 3.72. The van der Waals surface area contributed by atoms with Gasteiger partial charge < -0.3 is 20.4 Å². The fraction of sp³-hybridized carbons (Fsp3) is 0.900. The second-order valence-electron chi connectivity index (χ2n) is 3.86. The zero-order valence-corrected chi connectivity index (χ0v) is 9.03. The SMILES string of the molecule is CC(C)(O)OC(CCN)CCCC=O. The van der Waals surface area contributed by atoms with Gasteiger partial charge in [0.2, 0.25) is 0 Å². The average Bonchev–Trinajstić information content (AvgIpc) is 2.02. The number of carbonyl (C=O) groups is 1. The van der Waals surface area contributed by atoms with Crippen molar-refractivity contribution < 1.29 is 14.6 Å². The first-order valence-electron chi connectivity index (χ1n) is 5.03. The molecule has 0 aromatic rings. The number of carbonyl (C=O) groups excluding carboxylic acids is 1. The Balaban J connectivity index is 3.82. The van der Waals surface area contributed by atoms with Crippen LogP contribution in [0.3, 0.4) is 0 Å². The molecule has 0 aliphatic rings. The van der Waals surface area contributed by atoms with Gasteiger partial charge in [-0.1, -0.05) is 0 Å². The summed E-state index contributed by atoms with van der Waals surface area (Å²) in [4.78, 5) is 10.1. The highest BCUT2D eigenvalue weighted by Crippen LogP contribution is 2.15. The zero-order valence-electron chi connectivity index (χ0n) is 9.03. The summed E-state index contributed by atoms with van der Waals surface area (Å²) in [7, 11) is 0. The first-order chi connectivity index (χ1) is 6.49. The number of hydrogen-bond acceptors (Lipinski definition) is 4. The lowest BCUT2D eigenvalue weighted by Crippen LogP contribution is -2.31. The Kier molecular flexibility index (Phi) is 6.70. The van der Waals surface area contributed by atoms with Gasteiger partial charge in [0.1, 0.15) is 6.29 Å². The van der Waals surface area contributed by atoms with Crippen molar-refractivity contribution in [3.8, 4) is 0 Å². The molecule has 0 saturated carbocycles. The van der Waals surface area contributed by atoms with Gasteiger partial charge in [-0.05, 0) is 39.7 Å². The molecule has 4 heteroatoms. The molecule has 0 aromatic heterocycles. The van der Waals surface area contributed by atoms with Gasteiger partial charge in [-0.3, -0.25) is 0 Å². The smallest absolute Gasteiger partial charge is 0.160 e. The van der Waals surface area contributed by atoms with Crippen molar-refractivity contribution >= 4 is 6.29 Å². The predicted octanol–water partition coefficient (Wildman–Crippen LogP) is 0.818. The Labute approximate surface area is 85.4 Å². The quantitative estimate of drug-likeness (QED) is 0.348. The number of rotatable bonds is 8. The number of nitrogens with two attached hydrogens (primary N) is 1. The van der Waals surface area contributed by atoms with Crippen molar-refractivity contribution in [2.24, 2.45) is 5.73 Å². The minimum atomic E-state index is -1.12.